The highest BCUT2D eigenvalue weighted by molar-refractivity contribution is 6.06. The number of pyridine rings is 1. The standard InChI is InChI=1S/C16H12N4O2/c17-15-13-14(9-5-1-2-6-10(9)18-16(13)22)19-20(15)11-7-3-4-8-12(11)21/h1-8,21H,17H2,(H,18,22). The predicted octanol–water partition coefficient (Wildman–Crippen LogP) is 2.15. The summed E-state index contributed by atoms with van der Waals surface area (Å²) in [5.74, 6) is 0.242. The van der Waals surface area contributed by atoms with Gasteiger partial charge in [-0.25, -0.2) is 4.68 Å². The molecule has 4 N–H and O–H groups in total. The summed E-state index contributed by atoms with van der Waals surface area (Å²) in [5, 5.41) is 15.6. The topological polar surface area (TPSA) is 96.9 Å². The summed E-state index contributed by atoms with van der Waals surface area (Å²) in [6, 6.07) is 14.1. The molecule has 4 rings (SSSR count). The maximum Gasteiger partial charge on any atom is 0.261 e. The Bertz CT molecular complexity index is 1080. The Labute approximate surface area is 124 Å². The van der Waals surface area contributed by atoms with Crippen molar-refractivity contribution in [3.8, 4) is 11.4 Å². The molecule has 22 heavy (non-hydrogen) atoms. The van der Waals surface area contributed by atoms with Crippen LogP contribution in [0.4, 0.5) is 5.82 Å². The van der Waals surface area contributed by atoms with Crippen LogP contribution in [0.1, 0.15) is 0 Å². The van der Waals surface area contributed by atoms with Crippen LogP contribution in [0.5, 0.6) is 5.75 Å². The van der Waals surface area contributed by atoms with Gasteiger partial charge in [-0.2, -0.15) is 5.10 Å². The number of nitrogens with two attached hydrogens (primary N) is 1. The summed E-state index contributed by atoms with van der Waals surface area (Å²) in [7, 11) is 0. The molecule has 4 aromatic rings. The summed E-state index contributed by atoms with van der Waals surface area (Å²) >= 11 is 0. The van der Waals surface area contributed by atoms with Crippen LogP contribution in [-0.4, -0.2) is 19.9 Å². The van der Waals surface area contributed by atoms with E-state index in [0.29, 0.717) is 22.1 Å². The van der Waals surface area contributed by atoms with Crippen LogP contribution in [0.15, 0.2) is 53.3 Å². The summed E-state index contributed by atoms with van der Waals surface area (Å²) in [6.07, 6.45) is 0. The van der Waals surface area contributed by atoms with Crippen LogP contribution in [0.3, 0.4) is 0 Å². The molecule has 0 saturated heterocycles. The number of phenolic OH excluding ortho intramolecular Hbond substituents is 1. The van der Waals surface area contributed by atoms with Crippen molar-refractivity contribution >= 4 is 27.6 Å². The van der Waals surface area contributed by atoms with Gasteiger partial charge < -0.3 is 15.8 Å². The molecule has 2 aromatic carbocycles. The molecule has 0 aliphatic rings. The van der Waals surface area contributed by atoms with Gasteiger partial charge in [0.05, 0.1) is 5.52 Å². The molecule has 0 fully saturated rings. The van der Waals surface area contributed by atoms with Gasteiger partial charge in [-0.1, -0.05) is 30.3 Å². The van der Waals surface area contributed by atoms with Crippen LogP contribution in [0.25, 0.3) is 27.5 Å². The van der Waals surface area contributed by atoms with Gasteiger partial charge in [-0.3, -0.25) is 4.79 Å². The van der Waals surface area contributed by atoms with Gasteiger partial charge in [0.15, 0.2) is 0 Å². The Morgan fingerprint density at radius 3 is 2.64 bits per heavy atom. The van der Waals surface area contributed by atoms with Crippen molar-refractivity contribution in [2.24, 2.45) is 0 Å². The number of hydrogen-bond acceptors (Lipinski definition) is 4. The third-order valence-corrected chi connectivity index (χ3v) is 3.69. The quantitative estimate of drug-likeness (QED) is 0.501. The second kappa shape index (κ2) is 4.36. The number of para-hydroxylation sites is 3. The van der Waals surface area contributed by atoms with E-state index in [-0.39, 0.29) is 17.1 Å². The van der Waals surface area contributed by atoms with E-state index in [1.54, 1.807) is 24.3 Å². The molecule has 0 unspecified atom stereocenters. The van der Waals surface area contributed by atoms with E-state index in [0.717, 1.165) is 5.39 Å². The molecule has 0 bridgehead atoms. The van der Waals surface area contributed by atoms with E-state index >= 15 is 0 Å². The lowest BCUT2D eigenvalue weighted by molar-refractivity contribution is 0.471. The second-order valence-electron chi connectivity index (χ2n) is 5.01. The lowest BCUT2D eigenvalue weighted by atomic mass is 10.1. The first-order chi connectivity index (χ1) is 10.7. The number of nitrogens with one attached hydrogen (secondary N) is 1. The zero-order valence-electron chi connectivity index (χ0n) is 11.4. The molecular formula is C16H12N4O2. The molecular weight excluding hydrogens is 280 g/mol. The predicted molar refractivity (Wildman–Crippen MR) is 85.3 cm³/mol. The molecule has 0 saturated carbocycles. The van der Waals surface area contributed by atoms with Crippen LogP contribution in [0, 0.1) is 0 Å². The van der Waals surface area contributed by atoms with Gasteiger partial charge in [-0.05, 0) is 18.2 Å². The van der Waals surface area contributed by atoms with Crippen molar-refractivity contribution in [3.63, 3.8) is 0 Å². The number of anilines is 1. The highest BCUT2D eigenvalue weighted by atomic mass is 16.3. The Kier molecular flexibility index (Phi) is 2.47. The highest BCUT2D eigenvalue weighted by Crippen LogP contribution is 2.29. The Hall–Kier alpha value is -3.28. The molecule has 0 aliphatic carbocycles. The van der Waals surface area contributed by atoms with E-state index in [9.17, 15) is 9.90 Å². The van der Waals surface area contributed by atoms with Gasteiger partial charge in [0, 0.05) is 5.39 Å². The third kappa shape index (κ3) is 1.61. The number of benzene rings is 2. The number of aromatic amines is 1. The molecule has 0 radical (unpaired) electrons. The van der Waals surface area contributed by atoms with Crippen molar-refractivity contribution in [2.75, 3.05) is 5.73 Å². The molecule has 2 heterocycles. The zero-order chi connectivity index (χ0) is 15.3. The molecule has 108 valence electrons. The number of aromatic hydroxyl groups is 1. The first kappa shape index (κ1) is 12.5. The lowest BCUT2D eigenvalue weighted by Crippen LogP contribution is -2.08. The second-order valence-corrected chi connectivity index (χ2v) is 5.01. The molecule has 0 atom stereocenters. The normalized spacial score (nSPS) is 11.3. The van der Waals surface area contributed by atoms with Gasteiger partial charge in [-0.15, -0.1) is 0 Å². The van der Waals surface area contributed by atoms with Crippen molar-refractivity contribution < 1.29 is 5.11 Å². The number of nitrogens with zero attached hydrogens (tertiary/aromatic N) is 2. The van der Waals surface area contributed by atoms with E-state index in [4.69, 9.17) is 5.73 Å². The SMILES string of the molecule is Nc1c2c(=O)[nH]c3ccccc3c2nn1-c1ccccc1O. The smallest absolute Gasteiger partial charge is 0.261 e. The van der Waals surface area contributed by atoms with E-state index < -0.39 is 0 Å². The summed E-state index contributed by atoms with van der Waals surface area (Å²) in [6.45, 7) is 0. The van der Waals surface area contributed by atoms with Crippen molar-refractivity contribution in [1.82, 2.24) is 14.8 Å². The van der Waals surface area contributed by atoms with E-state index in [1.807, 2.05) is 24.3 Å². The molecule has 0 amide bonds. The Morgan fingerprint density at radius 1 is 1.09 bits per heavy atom. The summed E-state index contributed by atoms with van der Waals surface area (Å²) < 4.78 is 1.39. The molecule has 0 spiro atoms. The Morgan fingerprint density at radius 2 is 1.82 bits per heavy atom. The van der Waals surface area contributed by atoms with E-state index in [2.05, 4.69) is 10.1 Å². The number of fused-ring (bicyclic) bond motifs is 3. The first-order valence-electron chi connectivity index (χ1n) is 6.74. The van der Waals surface area contributed by atoms with Gasteiger partial charge in [0.2, 0.25) is 0 Å². The minimum absolute atomic E-state index is 0.0442. The van der Waals surface area contributed by atoms with Crippen LogP contribution in [0.2, 0.25) is 0 Å². The number of phenols is 1. The van der Waals surface area contributed by atoms with Crippen molar-refractivity contribution in [1.29, 1.82) is 0 Å². The number of nitrogen functional groups attached to an aromatic ring is 1. The zero-order valence-corrected chi connectivity index (χ0v) is 11.4. The average molecular weight is 292 g/mol. The molecule has 0 aliphatic heterocycles. The summed E-state index contributed by atoms with van der Waals surface area (Å²) in [5.41, 5.74) is 7.44. The lowest BCUT2D eigenvalue weighted by Gasteiger charge is -2.05. The molecule has 6 nitrogen and oxygen atoms in total. The fourth-order valence-corrected chi connectivity index (χ4v) is 2.65. The third-order valence-electron chi connectivity index (χ3n) is 3.69. The monoisotopic (exact) mass is 292 g/mol. The fourth-order valence-electron chi connectivity index (χ4n) is 2.65. The maximum absolute atomic E-state index is 12.3. The van der Waals surface area contributed by atoms with Crippen LogP contribution >= 0.6 is 0 Å². The van der Waals surface area contributed by atoms with Crippen LogP contribution < -0.4 is 11.3 Å². The fraction of sp³-hybridized carbons (Fsp3) is 0. The number of aromatic nitrogens is 3. The molecule has 2 aromatic heterocycles. The van der Waals surface area contributed by atoms with Crippen molar-refractivity contribution in [2.45, 2.75) is 0 Å². The maximum atomic E-state index is 12.3. The minimum Gasteiger partial charge on any atom is -0.506 e. The van der Waals surface area contributed by atoms with Gasteiger partial charge >= 0.3 is 0 Å². The number of rotatable bonds is 1. The van der Waals surface area contributed by atoms with Crippen molar-refractivity contribution in [3.05, 3.63) is 58.9 Å². The minimum atomic E-state index is -0.298. The summed E-state index contributed by atoms with van der Waals surface area (Å²) in [4.78, 5) is 15.1. The average Bonchev–Trinajstić information content (AvgIpc) is 2.86. The van der Waals surface area contributed by atoms with Gasteiger partial charge in [0.25, 0.3) is 5.56 Å². The highest BCUT2D eigenvalue weighted by Gasteiger charge is 2.17. The van der Waals surface area contributed by atoms with Crippen LogP contribution in [-0.2, 0) is 0 Å². The Balaban J connectivity index is 2.18. The number of H-pyrrole nitrogens is 1. The molecule has 6 heteroatoms. The number of hydrogen-bond donors (Lipinski definition) is 3. The first-order valence-corrected chi connectivity index (χ1v) is 6.74. The van der Waals surface area contributed by atoms with E-state index in [1.165, 1.54) is 4.68 Å². The largest absolute Gasteiger partial charge is 0.506 e. The van der Waals surface area contributed by atoms with Gasteiger partial charge in [0.1, 0.15) is 28.2 Å².